The number of methoxy groups -OCH3 is 1. The van der Waals surface area contributed by atoms with E-state index in [2.05, 4.69) is 0 Å². The summed E-state index contributed by atoms with van der Waals surface area (Å²) in [5.41, 5.74) is 1.96. The number of rotatable bonds is 2. The highest BCUT2D eigenvalue weighted by Crippen LogP contribution is 2.22. The molecule has 3 rings (SSSR count). The number of hydrogen-bond donors (Lipinski definition) is 0. The smallest absolute Gasteiger partial charge is 0.200 e. The first-order valence-corrected chi connectivity index (χ1v) is 5.94. The van der Waals surface area contributed by atoms with Crippen LogP contribution in [0.15, 0.2) is 64.0 Å². The van der Waals surface area contributed by atoms with Gasteiger partial charge in [0, 0.05) is 0 Å². The van der Waals surface area contributed by atoms with Crippen molar-refractivity contribution in [2.45, 2.75) is 0 Å². The van der Waals surface area contributed by atoms with Crippen molar-refractivity contribution < 1.29 is 9.15 Å². The van der Waals surface area contributed by atoms with E-state index < -0.39 is 0 Å². The van der Waals surface area contributed by atoms with Gasteiger partial charge in [-0.3, -0.25) is 4.79 Å². The van der Waals surface area contributed by atoms with Crippen molar-refractivity contribution in [3.63, 3.8) is 0 Å². The third-order valence-corrected chi connectivity index (χ3v) is 3.08. The highest BCUT2D eigenvalue weighted by Gasteiger charge is 2.08. The van der Waals surface area contributed by atoms with E-state index in [-0.39, 0.29) is 5.43 Å². The maximum absolute atomic E-state index is 12.4. The van der Waals surface area contributed by atoms with E-state index in [0.29, 0.717) is 16.5 Å². The lowest BCUT2D eigenvalue weighted by atomic mass is 10.1. The van der Waals surface area contributed by atoms with Gasteiger partial charge in [0.25, 0.3) is 0 Å². The van der Waals surface area contributed by atoms with Crippen molar-refractivity contribution in [2.75, 3.05) is 7.11 Å². The van der Waals surface area contributed by atoms with E-state index in [4.69, 9.17) is 9.15 Å². The van der Waals surface area contributed by atoms with Crippen LogP contribution in [-0.4, -0.2) is 7.11 Å². The fourth-order valence-corrected chi connectivity index (χ4v) is 2.05. The summed E-state index contributed by atoms with van der Waals surface area (Å²) >= 11 is 0. The summed E-state index contributed by atoms with van der Waals surface area (Å²) in [5, 5.41) is 0.593. The van der Waals surface area contributed by atoms with Crippen molar-refractivity contribution in [3.8, 4) is 16.9 Å². The summed E-state index contributed by atoms with van der Waals surface area (Å²) in [7, 11) is 1.61. The number of fused-ring (bicyclic) bond motifs is 1. The SMILES string of the molecule is COc1ccc(-c2coc3ccccc3c2=O)cc1. The average Bonchev–Trinajstić information content (AvgIpc) is 2.48. The fraction of sp³-hybridized carbons (Fsp3) is 0.0625. The molecule has 0 bridgehead atoms. The van der Waals surface area contributed by atoms with E-state index >= 15 is 0 Å². The summed E-state index contributed by atoms with van der Waals surface area (Å²) in [6, 6.07) is 14.6. The van der Waals surface area contributed by atoms with Crippen molar-refractivity contribution in [1.29, 1.82) is 0 Å². The molecule has 0 atom stereocenters. The van der Waals surface area contributed by atoms with E-state index in [1.54, 1.807) is 19.2 Å². The van der Waals surface area contributed by atoms with E-state index in [9.17, 15) is 4.79 Å². The van der Waals surface area contributed by atoms with Crippen LogP contribution >= 0.6 is 0 Å². The maximum Gasteiger partial charge on any atom is 0.200 e. The molecule has 0 aliphatic rings. The van der Waals surface area contributed by atoms with Gasteiger partial charge in [0.2, 0.25) is 0 Å². The van der Waals surface area contributed by atoms with Crippen molar-refractivity contribution in [1.82, 2.24) is 0 Å². The van der Waals surface area contributed by atoms with Gasteiger partial charge in [0.05, 0.1) is 18.1 Å². The Bertz CT molecular complexity index is 770. The Hall–Kier alpha value is -2.55. The molecule has 0 fully saturated rings. The second-order valence-electron chi connectivity index (χ2n) is 4.20. The van der Waals surface area contributed by atoms with Crippen LogP contribution in [0.2, 0.25) is 0 Å². The Balaban J connectivity index is 2.19. The molecule has 0 spiro atoms. The Morgan fingerprint density at radius 2 is 1.74 bits per heavy atom. The first-order valence-electron chi connectivity index (χ1n) is 5.94. The summed E-state index contributed by atoms with van der Waals surface area (Å²) in [6.45, 7) is 0. The summed E-state index contributed by atoms with van der Waals surface area (Å²) < 4.78 is 10.6. The zero-order valence-corrected chi connectivity index (χ0v) is 10.4. The highest BCUT2D eigenvalue weighted by molar-refractivity contribution is 5.81. The number of hydrogen-bond acceptors (Lipinski definition) is 3. The molecule has 0 radical (unpaired) electrons. The van der Waals surface area contributed by atoms with E-state index in [0.717, 1.165) is 11.3 Å². The third-order valence-electron chi connectivity index (χ3n) is 3.08. The quantitative estimate of drug-likeness (QED) is 0.701. The molecule has 1 aromatic heterocycles. The van der Waals surface area contributed by atoms with Crippen LogP contribution in [0.25, 0.3) is 22.1 Å². The van der Waals surface area contributed by atoms with Gasteiger partial charge in [-0.05, 0) is 29.8 Å². The Morgan fingerprint density at radius 3 is 2.47 bits per heavy atom. The predicted molar refractivity (Wildman–Crippen MR) is 74.5 cm³/mol. The molecule has 0 saturated carbocycles. The summed E-state index contributed by atoms with van der Waals surface area (Å²) in [4.78, 5) is 12.4. The second kappa shape index (κ2) is 4.61. The molecule has 0 aliphatic carbocycles. The second-order valence-corrected chi connectivity index (χ2v) is 4.20. The number of benzene rings is 2. The molecule has 94 valence electrons. The number of para-hydroxylation sites is 1. The molecule has 0 saturated heterocycles. The van der Waals surface area contributed by atoms with Crippen LogP contribution in [0.3, 0.4) is 0 Å². The Labute approximate surface area is 110 Å². The molecule has 0 N–H and O–H groups in total. The molecule has 0 amide bonds. The lowest BCUT2D eigenvalue weighted by molar-refractivity contribution is 0.415. The monoisotopic (exact) mass is 252 g/mol. The topological polar surface area (TPSA) is 39.4 Å². The predicted octanol–water partition coefficient (Wildman–Crippen LogP) is 3.47. The highest BCUT2D eigenvalue weighted by atomic mass is 16.5. The molecule has 0 aliphatic heterocycles. The Morgan fingerprint density at radius 1 is 1.00 bits per heavy atom. The third kappa shape index (κ3) is 1.99. The normalized spacial score (nSPS) is 10.6. The standard InChI is InChI=1S/C16H12O3/c1-18-12-8-6-11(7-9-12)14-10-19-15-5-3-2-4-13(15)16(14)17/h2-10H,1H3. The van der Waals surface area contributed by atoms with Crippen LogP contribution in [0.4, 0.5) is 0 Å². The molecule has 2 aromatic carbocycles. The summed E-state index contributed by atoms with van der Waals surface area (Å²) in [5.74, 6) is 0.758. The fourth-order valence-electron chi connectivity index (χ4n) is 2.05. The zero-order valence-electron chi connectivity index (χ0n) is 10.4. The lowest BCUT2D eigenvalue weighted by Crippen LogP contribution is -2.04. The molecule has 3 heteroatoms. The van der Waals surface area contributed by atoms with Gasteiger partial charge in [-0.1, -0.05) is 24.3 Å². The number of ether oxygens (including phenoxy) is 1. The van der Waals surface area contributed by atoms with E-state index in [1.807, 2.05) is 36.4 Å². The van der Waals surface area contributed by atoms with Gasteiger partial charge in [0.15, 0.2) is 5.43 Å². The minimum atomic E-state index is -0.0213. The van der Waals surface area contributed by atoms with E-state index in [1.165, 1.54) is 6.26 Å². The van der Waals surface area contributed by atoms with Gasteiger partial charge in [-0.25, -0.2) is 0 Å². The van der Waals surface area contributed by atoms with Crippen LogP contribution < -0.4 is 10.2 Å². The van der Waals surface area contributed by atoms with Crippen LogP contribution in [-0.2, 0) is 0 Å². The lowest BCUT2D eigenvalue weighted by Gasteiger charge is -2.04. The van der Waals surface area contributed by atoms with Crippen LogP contribution in [0.1, 0.15) is 0 Å². The Kier molecular flexibility index (Phi) is 2.80. The van der Waals surface area contributed by atoms with Crippen LogP contribution in [0.5, 0.6) is 5.75 Å². The van der Waals surface area contributed by atoms with Gasteiger partial charge >= 0.3 is 0 Å². The molecular formula is C16H12O3. The molecular weight excluding hydrogens is 240 g/mol. The average molecular weight is 252 g/mol. The molecule has 3 nitrogen and oxygen atoms in total. The summed E-state index contributed by atoms with van der Waals surface area (Å²) in [6.07, 6.45) is 1.51. The largest absolute Gasteiger partial charge is 0.497 e. The van der Waals surface area contributed by atoms with Crippen molar-refractivity contribution >= 4 is 11.0 Å². The van der Waals surface area contributed by atoms with Gasteiger partial charge in [0.1, 0.15) is 17.6 Å². The van der Waals surface area contributed by atoms with Gasteiger partial charge in [-0.2, -0.15) is 0 Å². The molecule has 19 heavy (non-hydrogen) atoms. The molecule has 0 unspecified atom stereocenters. The first kappa shape index (κ1) is 11.5. The zero-order chi connectivity index (χ0) is 13.2. The minimum absolute atomic E-state index is 0.0213. The molecule has 3 aromatic rings. The minimum Gasteiger partial charge on any atom is -0.497 e. The molecule has 1 heterocycles. The first-order chi connectivity index (χ1) is 9.29. The van der Waals surface area contributed by atoms with Gasteiger partial charge in [-0.15, -0.1) is 0 Å². The van der Waals surface area contributed by atoms with Gasteiger partial charge < -0.3 is 9.15 Å². The van der Waals surface area contributed by atoms with Crippen molar-refractivity contribution in [3.05, 3.63) is 65.0 Å². The maximum atomic E-state index is 12.4. The van der Waals surface area contributed by atoms with Crippen LogP contribution in [0, 0.1) is 0 Å². The van der Waals surface area contributed by atoms with Crippen molar-refractivity contribution in [2.24, 2.45) is 0 Å².